The van der Waals surface area contributed by atoms with Gasteiger partial charge in [0.1, 0.15) is 0 Å². The zero-order valence-corrected chi connectivity index (χ0v) is 21.7. The van der Waals surface area contributed by atoms with E-state index in [4.69, 9.17) is 0 Å². The standard InChI is InChI=1S/C29H38F3N3O2/c1-28(2,29(30,31)32)20-34-16-13-21(14-17-34)18-33-25-11-9-23(10-12-25)22-5-7-24(8-6-22)27(37)35-15-3-4-26(36)19-35/h5-12,21,26,33,36H,3-4,13-20H2,1-2H3. The van der Waals surface area contributed by atoms with E-state index < -0.39 is 17.7 Å². The zero-order valence-electron chi connectivity index (χ0n) is 21.7. The Morgan fingerprint density at radius 3 is 2.11 bits per heavy atom. The molecule has 0 aliphatic carbocycles. The smallest absolute Gasteiger partial charge is 0.391 e. The first-order valence-corrected chi connectivity index (χ1v) is 13.2. The molecule has 1 atom stereocenters. The fourth-order valence-electron chi connectivity index (χ4n) is 5.17. The van der Waals surface area contributed by atoms with Gasteiger partial charge in [-0.2, -0.15) is 13.2 Å². The number of nitrogens with zero attached hydrogens (tertiary/aromatic N) is 2. The van der Waals surface area contributed by atoms with Gasteiger partial charge >= 0.3 is 6.18 Å². The van der Waals surface area contributed by atoms with E-state index in [1.54, 1.807) is 4.90 Å². The van der Waals surface area contributed by atoms with E-state index in [1.165, 1.54) is 13.8 Å². The van der Waals surface area contributed by atoms with Gasteiger partial charge in [-0.1, -0.05) is 24.3 Å². The van der Waals surface area contributed by atoms with E-state index >= 15 is 0 Å². The lowest BCUT2D eigenvalue weighted by atomic mass is 9.89. The van der Waals surface area contributed by atoms with Crippen LogP contribution >= 0.6 is 0 Å². The van der Waals surface area contributed by atoms with E-state index in [1.807, 2.05) is 53.4 Å². The van der Waals surface area contributed by atoms with Crippen LogP contribution in [0, 0.1) is 11.3 Å². The summed E-state index contributed by atoms with van der Waals surface area (Å²) in [5.41, 5.74) is 2.03. The Balaban J connectivity index is 1.24. The number of nitrogens with one attached hydrogen (secondary N) is 1. The summed E-state index contributed by atoms with van der Waals surface area (Å²) in [7, 11) is 0. The fraction of sp³-hybridized carbons (Fsp3) is 0.552. The molecule has 2 N–H and O–H groups in total. The molecular weight excluding hydrogens is 479 g/mol. The molecule has 1 unspecified atom stereocenters. The van der Waals surface area contributed by atoms with Gasteiger partial charge in [-0.3, -0.25) is 4.79 Å². The average Bonchev–Trinajstić information content (AvgIpc) is 2.87. The van der Waals surface area contributed by atoms with E-state index in [-0.39, 0.29) is 12.5 Å². The van der Waals surface area contributed by atoms with E-state index in [0.29, 0.717) is 37.7 Å². The van der Waals surface area contributed by atoms with Crippen LogP contribution in [0.15, 0.2) is 48.5 Å². The second kappa shape index (κ2) is 11.4. The molecule has 8 heteroatoms. The minimum Gasteiger partial charge on any atom is -0.391 e. The van der Waals surface area contributed by atoms with Gasteiger partial charge in [0.2, 0.25) is 0 Å². The van der Waals surface area contributed by atoms with Gasteiger partial charge in [0, 0.05) is 37.4 Å². The Kier molecular flexibility index (Phi) is 8.49. The summed E-state index contributed by atoms with van der Waals surface area (Å²) < 4.78 is 39.5. The first-order chi connectivity index (χ1) is 17.5. The normalized spacial score (nSPS) is 20.2. The van der Waals surface area contributed by atoms with Crippen molar-refractivity contribution in [2.24, 2.45) is 11.3 Å². The largest absolute Gasteiger partial charge is 0.395 e. The lowest BCUT2D eigenvalue weighted by Crippen LogP contribution is -2.46. The van der Waals surface area contributed by atoms with Crippen molar-refractivity contribution >= 4 is 11.6 Å². The number of piperidine rings is 2. The van der Waals surface area contributed by atoms with Gasteiger partial charge < -0.3 is 20.2 Å². The highest BCUT2D eigenvalue weighted by molar-refractivity contribution is 5.94. The zero-order chi connectivity index (χ0) is 26.6. The maximum absolute atomic E-state index is 13.2. The molecule has 1 amide bonds. The molecule has 5 nitrogen and oxygen atoms in total. The minimum absolute atomic E-state index is 0.0419. The molecule has 2 aromatic carbocycles. The van der Waals surface area contributed by atoms with Gasteiger partial charge in [-0.25, -0.2) is 0 Å². The number of halogens is 3. The van der Waals surface area contributed by atoms with Crippen LogP contribution in [0.1, 0.15) is 49.9 Å². The first kappa shape index (κ1) is 27.5. The molecule has 0 spiro atoms. The number of β-amino-alcohol motifs (C(OH)–C–C–N with tert-alkyl or cyclic N) is 1. The summed E-state index contributed by atoms with van der Waals surface area (Å²) in [5, 5.41) is 13.3. The number of carbonyl (C=O) groups excluding carboxylic acids is 1. The predicted molar refractivity (Wildman–Crippen MR) is 141 cm³/mol. The third kappa shape index (κ3) is 7.05. The first-order valence-electron chi connectivity index (χ1n) is 13.2. The fourth-order valence-corrected chi connectivity index (χ4v) is 5.17. The van der Waals surface area contributed by atoms with Gasteiger partial charge in [0.05, 0.1) is 11.5 Å². The van der Waals surface area contributed by atoms with Gasteiger partial charge in [0.15, 0.2) is 0 Å². The van der Waals surface area contributed by atoms with Crippen LogP contribution in [0.25, 0.3) is 11.1 Å². The van der Waals surface area contributed by atoms with Crippen molar-refractivity contribution in [3.63, 3.8) is 0 Å². The summed E-state index contributed by atoms with van der Waals surface area (Å²) in [4.78, 5) is 16.4. The highest BCUT2D eigenvalue weighted by Gasteiger charge is 2.48. The number of aliphatic hydroxyl groups is 1. The van der Waals surface area contributed by atoms with E-state index in [0.717, 1.165) is 49.0 Å². The molecule has 2 aliphatic heterocycles. The summed E-state index contributed by atoms with van der Waals surface area (Å²) in [6.45, 7) is 5.88. The highest BCUT2D eigenvalue weighted by atomic mass is 19.4. The second-order valence-corrected chi connectivity index (χ2v) is 11.2. The predicted octanol–water partition coefficient (Wildman–Crippen LogP) is 5.66. The topological polar surface area (TPSA) is 55.8 Å². The average molecular weight is 518 g/mol. The Labute approximate surface area is 217 Å². The second-order valence-electron chi connectivity index (χ2n) is 11.2. The van der Waals surface area contributed by atoms with Crippen LogP contribution in [0.4, 0.5) is 18.9 Å². The van der Waals surface area contributed by atoms with Crippen LogP contribution in [0.5, 0.6) is 0 Å². The Hall–Kier alpha value is -2.58. The van der Waals surface area contributed by atoms with Crippen LogP contribution in [0.3, 0.4) is 0 Å². The van der Waals surface area contributed by atoms with Crippen molar-refractivity contribution < 1.29 is 23.1 Å². The van der Waals surface area contributed by atoms with Gasteiger partial charge in [-0.15, -0.1) is 0 Å². The van der Waals surface area contributed by atoms with Crippen LogP contribution in [-0.4, -0.2) is 72.4 Å². The number of likely N-dealkylation sites (tertiary alicyclic amines) is 2. The monoisotopic (exact) mass is 517 g/mol. The highest BCUT2D eigenvalue weighted by Crippen LogP contribution is 2.38. The number of hydrogen-bond donors (Lipinski definition) is 2. The van der Waals surface area contributed by atoms with E-state index in [9.17, 15) is 23.1 Å². The van der Waals surface area contributed by atoms with Crippen molar-refractivity contribution in [3.05, 3.63) is 54.1 Å². The van der Waals surface area contributed by atoms with Crippen molar-refractivity contribution in [3.8, 4) is 11.1 Å². The molecule has 2 heterocycles. The van der Waals surface area contributed by atoms with Gasteiger partial charge in [0.25, 0.3) is 5.91 Å². The quantitative estimate of drug-likeness (QED) is 0.498. The Morgan fingerprint density at radius 2 is 1.54 bits per heavy atom. The third-order valence-electron chi connectivity index (χ3n) is 7.72. The summed E-state index contributed by atoms with van der Waals surface area (Å²) in [5.74, 6) is 0.399. The van der Waals surface area contributed by atoms with Crippen LogP contribution in [0.2, 0.25) is 0 Å². The molecule has 0 aromatic heterocycles. The molecule has 2 aromatic rings. The number of anilines is 1. The SMILES string of the molecule is CC(C)(CN1CCC(CNc2ccc(-c3ccc(C(=O)N4CCCC(O)C4)cc3)cc2)CC1)C(F)(F)F. The molecule has 0 radical (unpaired) electrons. The van der Waals surface area contributed by atoms with Crippen molar-refractivity contribution in [2.75, 3.05) is 44.6 Å². The number of carbonyl (C=O) groups is 1. The third-order valence-corrected chi connectivity index (χ3v) is 7.72. The van der Waals surface area contributed by atoms with Crippen molar-refractivity contribution in [1.29, 1.82) is 0 Å². The van der Waals surface area contributed by atoms with E-state index in [2.05, 4.69) is 5.32 Å². The molecule has 2 aliphatic rings. The number of benzene rings is 2. The number of amides is 1. The van der Waals surface area contributed by atoms with Crippen molar-refractivity contribution in [1.82, 2.24) is 9.80 Å². The Morgan fingerprint density at radius 1 is 0.946 bits per heavy atom. The summed E-state index contributed by atoms with van der Waals surface area (Å²) in [6.07, 6.45) is -1.27. The van der Waals surface area contributed by atoms with Crippen LogP contribution in [-0.2, 0) is 0 Å². The molecular formula is C29H38F3N3O2. The van der Waals surface area contributed by atoms with Crippen molar-refractivity contribution in [2.45, 2.75) is 51.8 Å². The molecule has 202 valence electrons. The molecule has 4 rings (SSSR count). The minimum atomic E-state index is -4.19. The van der Waals surface area contributed by atoms with Gasteiger partial charge in [-0.05, 0) is 93.9 Å². The summed E-state index contributed by atoms with van der Waals surface area (Å²) in [6, 6.07) is 15.7. The molecule has 0 saturated carbocycles. The molecule has 2 saturated heterocycles. The number of rotatable bonds is 7. The molecule has 2 fully saturated rings. The number of alkyl halides is 3. The molecule has 0 bridgehead atoms. The maximum atomic E-state index is 13.2. The maximum Gasteiger partial charge on any atom is 0.395 e. The lowest BCUT2D eigenvalue weighted by molar-refractivity contribution is -0.217. The molecule has 37 heavy (non-hydrogen) atoms. The number of aliphatic hydroxyl groups excluding tert-OH is 1. The Bertz CT molecular complexity index is 1030. The number of hydrogen-bond acceptors (Lipinski definition) is 4. The lowest BCUT2D eigenvalue weighted by Gasteiger charge is -2.38. The summed E-state index contributed by atoms with van der Waals surface area (Å²) >= 11 is 0. The van der Waals surface area contributed by atoms with Crippen LogP contribution < -0.4 is 5.32 Å².